The van der Waals surface area contributed by atoms with Crippen molar-refractivity contribution in [3.8, 4) is 23.5 Å². The Morgan fingerprint density at radius 1 is 0.984 bits per heavy atom. The van der Waals surface area contributed by atoms with E-state index in [4.69, 9.17) is 52.2 Å². The SMILES string of the molecule is C#C[C@@]1(C)[C@@H](COC(Cc2ccc(-c3cccnc3N)cc2)(C(C)=O)C(=O)OCC)O[C@@H](n2cnc3c(N(C(=O)OC(C)(C)C)C(=O)OC(C)(C)C)nc(Cl)nc32)[C@@H]1OC(C)=O. The van der Waals surface area contributed by atoms with Gasteiger partial charge in [-0.15, -0.1) is 6.42 Å². The van der Waals surface area contributed by atoms with Gasteiger partial charge in [0.15, 0.2) is 35.1 Å². The van der Waals surface area contributed by atoms with Gasteiger partial charge in [-0.3, -0.25) is 14.2 Å². The van der Waals surface area contributed by atoms with Crippen LogP contribution in [0.2, 0.25) is 5.28 Å². The van der Waals surface area contributed by atoms with E-state index in [1.165, 1.54) is 24.7 Å². The standard InChI is InChI=1S/C43H50ClN7O11/c1-12-42(11)29(22-58-43(24(3)52,36(54)57-13-2)21-26-16-18-27(19-17-26)28-15-14-20-46-32(28)45)60-35(31(42)59-25(4)53)50-23-47-30-33(50)48-37(44)49-34(30)51(38(55)61-40(5,6)7)39(56)62-41(8,9)10/h1,14-20,23,29,31,35H,13,21-22H2,2-11H3,(H2,45,46)/t29-,31+,35-,42+,43?/m1/s1. The van der Waals surface area contributed by atoms with Crippen LogP contribution in [0.5, 0.6) is 0 Å². The summed E-state index contributed by atoms with van der Waals surface area (Å²) in [6.07, 6.45) is 2.68. The third-order valence-corrected chi connectivity index (χ3v) is 9.82. The first-order valence-corrected chi connectivity index (χ1v) is 19.9. The number of hydrogen-bond acceptors (Lipinski definition) is 16. The van der Waals surface area contributed by atoms with Crippen LogP contribution in [-0.4, -0.2) is 96.6 Å². The fourth-order valence-corrected chi connectivity index (χ4v) is 6.83. The average Bonchev–Trinajstić information content (AvgIpc) is 3.70. The highest BCUT2D eigenvalue weighted by Crippen LogP contribution is 2.47. The third kappa shape index (κ3) is 9.96. The van der Waals surface area contributed by atoms with Crippen LogP contribution in [0.3, 0.4) is 0 Å². The fourth-order valence-electron chi connectivity index (χ4n) is 6.67. The van der Waals surface area contributed by atoms with Crippen molar-refractivity contribution in [1.29, 1.82) is 0 Å². The minimum Gasteiger partial charge on any atom is -0.463 e. The summed E-state index contributed by atoms with van der Waals surface area (Å²) in [6, 6.07) is 10.6. The zero-order valence-corrected chi connectivity index (χ0v) is 36.9. The van der Waals surface area contributed by atoms with Gasteiger partial charge in [0.25, 0.3) is 0 Å². The molecule has 1 unspecified atom stereocenters. The largest absolute Gasteiger partial charge is 0.463 e. The molecule has 19 heteroatoms. The van der Waals surface area contributed by atoms with Crippen molar-refractivity contribution in [3.05, 3.63) is 59.8 Å². The number of imidazole rings is 1. The number of terminal acetylenes is 1. The third-order valence-electron chi connectivity index (χ3n) is 9.65. The molecule has 18 nitrogen and oxygen atoms in total. The number of carbonyl (C=O) groups is 5. The fraction of sp³-hybridized carbons (Fsp3) is 0.465. The lowest BCUT2D eigenvalue weighted by molar-refractivity contribution is -0.182. The highest BCUT2D eigenvalue weighted by molar-refractivity contribution is 6.29. The summed E-state index contributed by atoms with van der Waals surface area (Å²) in [6.45, 7) is 14.6. The van der Waals surface area contributed by atoms with Gasteiger partial charge in [0.2, 0.25) is 10.9 Å². The van der Waals surface area contributed by atoms with Crippen LogP contribution in [0, 0.1) is 17.8 Å². The van der Waals surface area contributed by atoms with Crippen LogP contribution < -0.4 is 10.6 Å². The Kier molecular flexibility index (Phi) is 13.7. The van der Waals surface area contributed by atoms with Crippen LogP contribution in [0.15, 0.2) is 48.9 Å². The van der Waals surface area contributed by atoms with Crippen LogP contribution in [-0.2, 0) is 49.2 Å². The second kappa shape index (κ2) is 18.1. The molecule has 1 saturated heterocycles. The first-order valence-electron chi connectivity index (χ1n) is 19.5. The van der Waals surface area contributed by atoms with Crippen LogP contribution in [0.25, 0.3) is 22.3 Å². The topological polar surface area (TPSA) is 226 Å². The number of fused-ring (bicyclic) bond motifs is 1. The number of pyridine rings is 1. The molecule has 0 aliphatic carbocycles. The molecule has 4 aromatic rings. The number of benzene rings is 1. The molecule has 0 saturated carbocycles. The van der Waals surface area contributed by atoms with Crippen LogP contribution in [0.4, 0.5) is 21.2 Å². The van der Waals surface area contributed by atoms with Crippen molar-refractivity contribution in [2.45, 2.75) is 111 Å². The number of esters is 2. The molecule has 1 aliphatic heterocycles. The molecule has 1 fully saturated rings. The summed E-state index contributed by atoms with van der Waals surface area (Å²) >= 11 is 6.45. The Morgan fingerprint density at radius 3 is 2.15 bits per heavy atom. The van der Waals surface area contributed by atoms with Crippen molar-refractivity contribution >= 4 is 64.3 Å². The van der Waals surface area contributed by atoms with E-state index in [2.05, 4.69) is 25.9 Å². The summed E-state index contributed by atoms with van der Waals surface area (Å²) in [5.74, 6) is 0.278. The van der Waals surface area contributed by atoms with E-state index in [0.29, 0.717) is 21.8 Å². The minimum atomic E-state index is -2.18. The molecule has 2 amide bonds. The van der Waals surface area contributed by atoms with Gasteiger partial charge in [-0.2, -0.15) is 14.9 Å². The normalized spacial score (nSPS) is 19.8. The van der Waals surface area contributed by atoms with E-state index in [9.17, 15) is 24.0 Å². The highest BCUT2D eigenvalue weighted by atomic mass is 35.5. The molecule has 62 heavy (non-hydrogen) atoms. The number of nitrogens with zero attached hydrogens (tertiary/aromatic N) is 6. The minimum absolute atomic E-state index is 0.0611. The van der Waals surface area contributed by atoms with Gasteiger partial charge in [-0.05, 0) is 97.2 Å². The second-order valence-electron chi connectivity index (χ2n) is 16.6. The number of Topliss-reactive ketones (excluding diaryl/α,β-unsaturated/α-hetero) is 1. The lowest BCUT2D eigenvalue weighted by atomic mass is 9.81. The number of halogens is 1. The molecule has 2 N–H and O–H groups in total. The monoisotopic (exact) mass is 875 g/mol. The lowest BCUT2D eigenvalue weighted by Gasteiger charge is -2.33. The number of nitrogen functional groups attached to an aromatic ring is 1. The molecule has 0 spiro atoms. The Hall–Kier alpha value is -6.16. The molecule has 5 atom stereocenters. The number of rotatable bonds is 12. The van der Waals surface area contributed by atoms with Gasteiger partial charge >= 0.3 is 24.1 Å². The zero-order valence-electron chi connectivity index (χ0n) is 36.2. The Bertz CT molecular complexity index is 2380. The summed E-state index contributed by atoms with van der Waals surface area (Å²) in [5, 5.41) is -0.425. The highest BCUT2D eigenvalue weighted by Gasteiger charge is 2.58. The van der Waals surface area contributed by atoms with Crippen LogP contribution >= 0.6 is 11.6 Å². The molecule has 0 radical (unpaired) electrons. The predicted molar refractivity (Wildman–Crippen MR) is 225 cm³/mol. The van der Waals surface area contributed by atoms with E-state index in [-0.39, 0.29) is 30.0 Å². The maximum absolute atomic E-state index is 13.8. The Morgan fingerprint density at radius 2 is 1.61 bits per heavy atom. The van der Waals surface area contributed by atoms with Gasteiger partial charge in [-0.25, -0.2) is 24.4 Å². The van der Waals surface area contributed by atoms with E-state index < -0.39 is 82.5 Å². The zero-order chi connectivity index (χ0) is 45.9. The number of anilines is 2. The Labute approximate surface area is 363 Å². The molecular formula is C43H50ClN7O11. The number of imide groups is 1. The van der Waals surface area contributed by atoms with Gasteiger partial charge in [0.1, 0.15) is 23.1 Å². The van der Waals surface area contributed by atoms with E-state index in [0.717, 1.165) is 5.56 Å². The van der Waals surface area contributed by atoms with E-state index >= 15 is 0 Å². The first kappa shape index (κ1) is 46.9. The van der Waals surface area contributed by atoms with Gasteiger partial charge < -0.3 is 34.2 Å². The molecule has 1 aliphatic rings. The molecular weight excluding hydrogens is 826 g/mol. The molecule has 1 aromatic carbocycles. The number of aromatic nitrogens is 5. The van der Waals surface area contributed by atoms with E-state index in [1.54, 1.807) is 91.9 Å². The Balaban J connectivity index is 1.56. The maximum atomic E-state index is 13.8. The van der Waals surface area contributed by atoms with E-state index in [1.807, 2.05) is 6.07 Å². The van der Waals surface area contributed by atoms with Crippen molar-refractivity contribution in [3.63, 3.8) is 0 Å². The van der Waals surface area contributed by atoms with Gasteiger partial charge in [-0.1, -0.05) is 30.2 Å². The summed E-state index contributed by atoms with van der Waals surface area (Å²) in [4.78, 5) is 85.0. The smallest absolute Gasteiger partial charge is 0.425 e. The molecule has 330 valence electrons. The lowest BCUT2D eigenvalue weighted by Crippen LogP contribution is -2.53. The second-order valence-corrected chi connectivity index (χ2v) is 17.0. The van der Waals surface area contributed by atoms with Gasteiger partial charge in [0.05, 0.1) is 25.0 Å². The number of carbonyl (C=O) groups excluding carboxylic acids is 5. The number of ether oxygens (including phenoxy) is 6. The summed E-state index contributed by atoms with van der Waals surface area (Å²) in [5.41, 5.74) is 2.08. The van der Waals surface area contributed by atoms with Crippen molar-refractivity contribution < 1.29 is 52.4 Å². The van der Waals surface area contributed by atoms with Crippen LogP contribution in [0.1, 0.15) is 81.0 Å². The van der Waals surface area contributed by atoms with Gasteiger partial charge in [0, 0.05) is 25.1 Å². The number of nitrogens with two attached hydrogens (primary N) is 1. The number of amides is 2. The molecule has 4 heterocycles. The molecule has 3 aromatic heterocycles. The average molecular weight is 876 g/mol. The number of ketones is 1. The molecule has 5 rings (SSSR count). The maximum Gasteiger partial charge on any atom is 0.425 e. The van der Waals surface area contributed by atoms with Crippen molar-refractivity contribution in [2.24, 2.45) is 5.41 Å². The molecule has 0 bridgehead atoms. The summed E-state index contributed by atoms with van der Waals surface area (Å²) in [7, 11) is 0. The first-order chi connectivity index (χ1) is 28.9. The summed E-state index contributed by atoms with van der Waals surface area (Å²) < 4.78 is 36.5. The van der Waals surface area contributed by atoms with Crippen molar-refractivity contribution in [2.75, 3.05) is 23.8 Å². The predicted octanol–water partition coefficient (Wildman–Crippen LogP) is 6.42. The van der Waals surface area contributed by atoms with Crippen molar-refractivity contribution in [1.82, 2.24) is 24.5 Å². The quantitative estimate of drug-likeness (QED) is 0.0533. The number of hydrogen-bond donors (Lipinski definition) is 1.